The molecule has 0 aliphatic carbocycles. The number of nitrogens with zero attached hydrogens (tertiary/aromatic N) is 2. The van der Waals surface area contributed by atoms with Crippen molar-refractivity contribution in [3.8, 4) is 0 Å². The highest BCUT2D eigenvalue weighted by molar-refractivity contribution is 5.94. The van der Waals surface area contributed by atoms with Crippen LogP contribution in [0.4, 0.5) is 4.39 Å². The third kappa shape index (κ3) is 6.03. The fourth-order valence-corrected chi connectivity index (χ4v) is 3.20. The highest BCUT2D eigenvalue weighted by Crippen LogP contribution is 2.22. The Kier molecular flexibility index (Phi) is 8.41. The van der Waals surface area contributed by atoms with E-state index in [9.17, 15) is 14.0 Å². The Morgan fingerprint density at radius 2 is 1.93 bits per heavy atom. The molecule has 152 valence electrons. The molecule has 9 heteroatoms. The molecule has 7 nitrogen and oxygen atoms in total. The molecule has 1 fully saturated rings. The van der Waals surface area contributed by atoms with Crippen molar-refractivity contribution in [3.05, 3.63) is 53.6 Å². The Bertz CT molecular complexity index is 775. The number of nitrogens with one attached hydrogen (secondary N) is 3. The van der Waals surface area contributed by atoms with E-state index >= 15 is 0 Å². The molecule has 28 heavy (non-hydrogen) atoms. The summed E-state index contributed by atoms with van der Waals surface area (Å²) in [6.07, 6.45) is 3.94. The first-order chi connectivity index (χ1) is 13.1. The van der Waals surface area contributed by atoms with Crippen molar-refractivity contribution in [3.63, 3.8) is 0 Å². The quantitative estimate of drug-likeness (QED) is 0.604. The second-order valence-electron chi connectivity index (χ2n) is 6.57. The molecule has 1 saturated heterocycles. The van der Waals surface area contributed by atoms with Crippen LogP contribution in [-0.2, 0) is 11.3 Å². The Morgan fingerprint density at radius 3 is 2.64 bits per heavy atom. The van der Waals surface area contributed by atoms with Gasteiger partial charge in [-0.15, -0.1) is 12.4 Å². The van der Waals surface area contributed by atoms with Crippen LogP contribution in [0.15, 0.2) is 36.5 Å². The zero-order valence-corrected chi connectivity index (χ0v) is 16.3. The summed E-state index contributed by atoms with van der Waals surface area (Å²) in [4.78, 5) is 24.1. The van der Waals surface area contributed by atoms with Crippen LogP contribution in [0.5, 0.6) is 0 Å². The number of benzene rings is 1. The van der Waals surface area contributed by atoms with Crippen LogP contribution < -0.4 is 16.0 Å². The molecule has 1 aliphatic heterocycles. The number of aromatic nitrogens is 2. The lowest BCUT2D eigenvalue weighted by Gasteiger charge is -2.23. The summed E-state index contributed by atoms with van der Waals surface area (Å²) in [5, 5.41) is 13.1. The molecule has 0 bridgehead atoms. The highest BCUT2D eigenvalue weighted by atomic mass is 35.5. The van der Waals surface area contributed by atoms with Crippen molar-refractivity contribution < 1.29 is 14.0 Å². The number of hydrogen-bond donors (Lipinski definition) is 3. The van der Waals surface area contributed by atoms with Gasteiger partial charge in [0.2, 0.25) is 5.91 Å². The van der Waals surface area contributed by atoms with Gasteiger partial charge < -0.3 is 16.0 Å². The first kappa shape index (κ1) is 21.8. The fraction of sp³-hybridized carbons (Fsp3) is 0.421. The van der Waals surface area contributed by atoms with Gasteiger partial charge in [0.05, 0.1) is 0 Å². The van der Waals surface area contributed by atoms with Crippen molar-refractivity contribution in [2.45, 2.75) is 25.3 Å². The SMILES string of the molecule is Cl.O=C(Cn1nccc1C1CCCNC1)NCCNC(=O)c1ccc(F)cc1. The molecule has 2 amide bonds. The third-order valence-corrected chi connectivity index (χ3v) is 4.60. The van der Waals surface area contributed by atoms with E-state index in [2.05, 4.69) is 21.0 Å². The predicted molar refractivity (Wildman–Crippen MR) is 106 cm³/mol. The topological polar surface area (TPSA) is 88.1 Å². The van der Waals surface area contributed by atoms with Gasteiger partial charge in [-0.05, 0) is 49.7 Å². The van der Waals surface area contributed by atoms with Gasteiger partial charge in [-0.25, -0.2) is 4.39 Å². The monoisotopic (exact) mass is 409 g/mol. The minimum absolute atomic E-state index is 0. The first-order valence-electron chi connectivity index (χ1n) is 9.16. The zero-order valence-electron chi connectivity index (χ0n) is 15.5. The maximum absolute atomic E-state index is 12.9. The van der Waals surface area contributed by atoms with Crippen LogP contribution in [0.25, 0.3) is 0 Å². The van der Waals surface area contributed by atoms with Gasteiger partial charge in [0.15, 0.2) is 0 Å². The lowest BCUT2D eigenvalue weighted by Crippen LogP contribution is -2.37. The van der Waals surface area contributed by atoms with E-state index in [4.69, 9.17) is 0 Å². The van der Waals surface area contributed by atoms with Crippen LogP contribution in [0, 0.1) is 5.82 Å². The number of carbonyl (C=O) groups excluding carboxylic acids is 2. The summed E-state index contributed by atoms with van der Waals surface area (Å²) in [5.41, 5.74) is 1.45. The summed E-state index contributed by atoms with van der Waals surface area (Å²) in [7, 11) is 0. The number of rotatable bonds is 7. The maximum atomic E-state index is 12.9. The maximum Gasteiger partial charge on any atom is 0.251 e. The van der Waals surface area contributed by atoms with Crippen molar-refractivity contribution >= 4 is 24.2 Å². The van der Waals surface area contributed by atoms with Crippen molar-refractivity contribution in [1.29, 1.82) is 0 Å². The zero-order chi connectivity index (χ0) is 19.1. The molecule has 0 spiro atoms. The van der Waals surface area contributed by atoms with Gasteiger partial charge in [0.1, 0.15) is 12.4 Å². The summed E-state index contributed by atoms with van der Waals surface area (Å²) in [6.45, 7) is 2.70. The Labute approximate surface area is 169 Å². The summed E-state index contributed by atoms with van der Waals surface area (Å²) in [5.74, 6) is -0.465. The van der Waals surface area contributed by atoms with E-state index < -0.39 is 0 Å². The van der Waals surface area contributed by atoms with Crippen LogP contribution in [0.1, 0.15) is 34.8 Å². The average molecular weight is 410 g/mol. The fourth-order valence-electron chi connectivity index (χ4n) is 3.20. The molecule has 0 saturated carbocycles. The molecule has 1 atom stereocenters. The lowest BCUT2D eigenvalue weighted by molar-refractivity contribution is -0.121. The Morgan fingerprint density at radius 1 is 1.18 bits per heavy atom. The molecule has 0 radical (unpaired) electrons. The summed E-state index contributed by atoms with van der Waals surface area (Å²) >= 11 is 0. The number of amides is 2. The third-order valence-electron chi connectivity index (χ3n) is 4.60. The second kappa shape index (κ2) is 10.8. The summed E-state index contributed by atoms with van der Waals surface area (Å²) in [6, 6.07) is 7.28. The highest BCUT2D eigenvalue weighted by Gasteiger charge is 2.19. The molecule has 2 aromatic rings. The lowest BCUT2D eigenvalue weighted by atomic mass is 9.96. The van der Waals surface area contributed by atoms with Gasteiger partial charge in [-0.1, -0.05) is 0 Å². The van der Waals surface area contributed by atoms with Crippen LogP contribution in [0.3, 0.4) is 0 Å². The Hall–Kier alpha value is -2.45. The standard InChI is InChI=1S/C19H24FN5O2.ClH/c20-16-5-3-14(4-6-16)19(27)23-11-10-22-18(26)13-25-17(7-9-24-25)15-2-1-8-21-12-15;/h3-7,9,15,21H,1-2,8,10-13H2,(H,22,26)(H,23,27);1H. The van der Waals surface area contributed by atoms with E-state index in [0.29, 0.717) is 24.6 Å². The van der Waals surface area contributed by atoms with E-state index in [1.807, 2.05) is 6.07 Å². The van der Waals surface area contributed by atoms with E-state index in [0.717, 1.165) is 31.6 Å². The van der Waals surface area contributed by atoms with Crippen LogP contribution >= 0.6 is 12.4 Å². The van der Waals surface area contributed by atoms with E-state index in [-0.39, 0.29) is 36.6 Å². The van der Waals surface area contributed by atoms with E-state index in [1.54, 1.807) is 10.9 Å². The predicted octanol–water partition coefficient (Wildman–Crippen LogP) is 1.46. The van der Waals surface area contributed by atoms with Gasteiger partial charge >= 0.3 is 0 Å². The van der Waals surface area contributed by atoms with Crippen molar-refractivity contribution in [2.24, 2.45) is 0 Å². The van der Waals surface area contributed by atoms with Gasteiger partial charge in [0.25, 0.3) is 5.91 Å². The first-order valence-corrected chi connectivity index (χ1v) is 9.16. The van der Waals surface area contributed by atoms with Crippen LogP contribution in [-0.4, -0.2) is 47.8 Å². The molecule has 1 aromatic heterocycles. The molecular weight excluding hydrogens is 385 g/mol. The minimum atomic E-state index is -0.388. The van der Waals surface area contributed by atoms with E-state index in [1.165, 1.54) is 24.3 Å². The minimum Gasteiger partial charge on any atom is -0.353 e. The molecule has 2 heterocycles. The van der Waals surface area contributed by atoms with Crippen LogP contribution in [0.2, 0.25) is 0 Å². The van der Waals surface area contributed by atoms with Gasteiger partial charge in [0, 0.05) is 43.0 Å². The number of halogens is 2. The average Bonchev–Trinajstić information content (AvgIpc) is 3.14. The van der Waals surface area contributed by atoms with Gasteiger partial charge in [-0.3, -0.25) is 14.3 Å². The van der Waals surface area contributed by atoms with Crippen molar-refractivity contribution in [2.75, 3.05) is 26.2 Å². The number of hydrogen-bond acceptors (Lipinski definition) is 4. The van der Waals surface area contributed by atoms with Gasteiger partial charge in [-0.2, -0.15) is 5.10 Å². The molecule has 1 unspecified atom stereocenters. The smallest absolute Gasteiger partial charge is 0.251 e. The number of piperidine rings is 1. The number of carbonyl (C=O) groups is 2. The van der Waals surface area contributed by atoms with Crippen molar-refractivity contribution in [1.82, 2.24) is 25.7 Å². The molecule has 1 aromatic carbocycles. The second-order valence-corrected chi connectivity index (χ2v) is 6.57. The normalized spacial score (nSPS) is 16.1. The molecule has 1 aliphatic rings. The summed E-state index contributed by atoms with van der Waals surface area (Å²) < 4.78 is 14.6. The molecule has 3 N–H and O–H groups in total. The Balaban J connectivity index is 0.00000280. The molecule has 3 rings (SSSR count). The largest absolute Gasteiger partial charge is 0.353 e. The molecular formula is C19H25ClFN5O2.